The molecule has 1 unspecified atom stereocenters. The molecule has 0 spiro atoms. The van der Waals surface area contributed by atoms with Crippen molar-refractivity contribution in [2.24, 2.45) is 5.16 Å². The summed E-state index contributed by atoms with van der Waals surface area (Å²) >= 11 is 0. The third-order valence-corrected chi connectivity index (χ3v) is 3.30. The number of rotatable bonds is 5. The number of nitrogens with zero attached hydrogens (tertiary/aromatic N) is 1. The fourth-order valence-corrected chi connectivity index (χ4v) is 2.06. The van der Waals surface area contributed by atoms with Crippen LogP contribution >= 0.6 is 0 Å². The van der Waals surface area contributed by atoms with E-state index in [1.165, 1.54) is 0 Å². The lowest BCUT2D eigenvalue weighted by atomic mass is 10.1. The Morgan fingerprint density at radius 3 is 2.48 bits per heavy atom. The average molecular weight is 285 g/mol. The molecule has 0 heterocycles. The molecule has 2 aromatic carbocycles. The van der Waals surface area contributed by atoms with Gasteiger partial charge in [0.25, 0.3) is 0 Å². The van der Waals surface area contributed by atoms with E-state index in [-0.39, 0.29) is 6.10 Å². The van der Waals surface area contributed by atoms with Crippen LogP contribution in [0.2, 0.25) is 0 Å². The van der Waals surface area contributed by atoms with Gasteiger partial charge in [-0.1, -0.05) is 35.5 Å². The van der Waals surface area contributed by atoms with E-state index in [9.17, 15) is 0 Å². The van der Waals surface area contributed by atoms with E-state index in [2.05, 4.69) is 5.16 Å². The highest BCUT2D eigenvalue weighted by molar-refractivity contribution is 6.00. The monoisotopic (exact) mass is 285 g/mol. The molecule has 0 aliphatic heterocycles. The first-order chi connectivity index (χ1) is 10.2. The summed E-state index contributed by atoms with van der Waals surface area (Å²) in [4.78, 5) is 0. The number of methoxy groups -OCH3 is 1. The van der Waals surface area contributed by atoms with Crippen LogP contribution in [0.5, 0.6) is 11.5 Å². The third kappa shape index (κ3) is 3.54. The number of ether oxygens (including phenoxy) is 2. The molecule has 0 aliphatic rings. The Balaban J connectivity index is 2.33. The van der Waals surface area contributed by atoms with Gasteiger partial charge in [0.15, 0.2) is 0 Å². The molecular formula is C17H19NO3. The Kier molecular flexibility index (Phi) is 4.82. The second-order valence-corrected chi connectivity index (χ2v) is 4.72. The first-order valence-electron chi connectivity index (χ1n) is 6.74. The van der Waals surface area contributed by atoms with Gasteiger partial charge in [0, 0.05) is 11.6 Å². The molecule has 2 aromatic rings. The summed E-state index contributed by atoms with van der Waals surface area (Å²) in [5.74, 6) is 1.32. The number of oxime groups is 1. The quantitative estimate of drug-likeness (QED) is 0.512. The van der Waals surface area contributed by atoms with Gasteiger partial charge < -0.3 is 14.7 Å². The molecule has 0 saturated carbocycles. The van der Waals surface area contributed by atoms with Gasteiger partial charge in [-0.2, -0.15) is 0 Å². The van der Waals surface area contributed by atoms with Crippen LogP contribution in [0.15, 0.2) is 53.7 Å². The standard InChI is InChI=1S/C17H19NO3/c1-12(18-19)16-10-9-15(20-3)11-17(16)21-13(2)14-7-5-4-6-8-14/h4-11,13,19H,1-3H3/b18-12+. The molecule has 1 atom stereocenters. The van der Waals surface area contributed by atoms with Crippen molar-refractivity contribution in [1.29, 1.82) is 0 Å². The third-order valence-electron chi connectivity index (χ3n) is 3.30. The van der Waals surface area contributed by atoms with Crippen molar-refractivity contribution < 1.29 is 14.7 Å². The van der Waals surface area contributed by atoms with Crippen LogP contribution in [0.25, 0.3) is 0 Å². The molecule has 1 N–H and O–H groups in total. The minimum absolute atomic E-state index is 0.122. The van der Waals surface area contributed by atoms with Gasteiger partial charge in [0.2, 0.25) is 0 Å². The summed E-state index contributed by atoms with van der Waals surface area (Å²) in [6, 6.07) is 15.4. The van der Waals surface area contributed by atoms with Gasteiger partial charge in [0.1, 0.15) is 17.6 Å². The largest absolute Gasteiger partial charge is 0.497 e. The van der Waals surface area contributed by atoms with E-state index >= 15 is 0 Å². The number of hydrogen-bond acceptors (Lipinski definition) is 4. The molecule has 4 nitrogen and oxygen atoms in total. The Morgan fingerprint density at radius 1 is 1.14 bits per heavy atom. The maximum atomic E-state index is 8.99. The molecule has 0 saturated heterocycles. The Morgan fingerprint density at radius 2 is 1.86 bits per heavy atom. The summed E-state index contributed by atoms with van der Waals surface area (Å²) in [7, 11) is 1.60. The second-order valence-electron chi connectivity index (χ2n) is 4.72. The van der Waals surface area contributed by atoms with Crippen molar-refractivity contribution >= 4 is 5.71 Å². The topological polar surface area (TPSA) is 51.0 Å². The lowest BCUT2D eigenvalue weighted by Gasteiger charge is -2.18. The predicted octanol–water partition coefficient (Wildman–Crippen LogP) is 4.03. The molecule has 4 heteroatoms. The SMILES string of the molecule is COc1ccc(/C(C)=N/O)c(OC(C)c2ccccc2)c1. The summed E-state index contributed by atoms with van der Waals surface area (Å²) in [5, 5.41) is 12.2. The molecule has 2 rings (SSSR count). The van der Waals surface area contributed by atoms with Gasteiger partial charge in [-0.3, -0.25) is 0 Å². The summed E-state index contributed by atoms with van der Waals surface area (Å²) in [6.07, 6.45) is -0.122. The molecule has 0 aromatic heterocycles. The molecule has 21 heavy (non-hydrogen) atoms. The minimum atomic E-state index is -0.122. The highest BCUT2D eigenvalue weighted by Crippen LogP contribution is 2.29. The van der Waals surface area contributed by atoms with Crippen LogP contribution in [0.1, 0.15) is 31.1 Å². The van der Waals surface area contributed by atoms with Crippen molar-refractivity contribution in [1.82, 2.24) is 0 Å². The second kappa shape index (κ2) is 6.79. The molecule has 110 valence electrons. The lowest BCUT2D eigenvalue weighted by molar-refractivity contribution is 0.225. The zero-order chi connectivity index (χ0) is 15.2. The Hall–Kier alpha value is -2.49. The van der Waals surface area contributed by atoms with Crippen LogP contribution in [-0.2, 0) is 0 Å². The normalized spacial score (nSPS) is 12.8. The van der Waals surface area contributed by atoms with Crippen molar-refractivity contribution in [2.75, 3.05) is 7.11 Å². The van der Waals surface area contributed by atoms with Crippen LogP contribution in [-0.4, -0.2) is 18.0 Å². The van der Waals surface area contributed by atoms with Crippen molar-refractivity contribution in [3.05, 3.63) is 59.7 Å². The van der Waals surface area contributed by atoms with Crippen molar-refractivity contribution in [3.8, 4) is 11.5 Å². The van der Waals surface area contributed by atoms with Gasteiger partial charge in [0.05, 0.1) is 12.8 Å². The van der Waals surface area contributed by atoms with Crippen molar-refractivity contribution in [3.63, 3.8) is 0 Å². The molecule has 0 amide bonds. The van der Waals surface area contributed by atoms with E-state index in [1.807, 2.05) is 49.4 Å². The maximum absolute atomic E-state index is 8.99. The van der Waals surface area contributed by atoms with E-state index in [0.29, 0.717) is 17.2 Å². The highest BCUT2D eigenvalue weighted by Gasteiger charge is 2.13. The van der Waals surface area contributed by atoms with Gasteiger partial charge in [-0.05, 0) is 31.5 Å². The van der Waals surface area contributed by atoms with E-state index < -0.39 is 0 Å². The average Bonchev–Trinajstić information content (AvgIpc) is 2.54. The Bertz CT molecular complexity index is 623. The predicted molar refractivity (Wildman–Crippen MR) is 82.5 cm³/mol. The van der Waals surface area contributed by atoms with Gasteiger partial charge >= 0.3 is 0 Å². The summed E-state index contributed by atoms with van der Waals surface area (Å²) in [6.45, 7) is 3.70. The zero-order valence-electron chi connectivity index (χ0n) is 12.4. The van der Waals surface area contributed by atoms with E-state index in [4.69, 9.17) is 14.7 Å². The van der Waals surface area contributed by atoms with Gasteiger partial charge in [-0.15, -0.1) is 0 Å². The first kappa shape index (κ1) is 14.9. The fourth-order valence-electron chi connectivity index (χ4n) is 2.06. The summed E-state index contributed by atoms with van der Waals surface area (Å²) in [5.41, 5.74) is 2.30. The van der Waals surface area contributed by atoms with Crippen LogP contribution < -0.4 is 9.47 Å². The first-order valence-corrected chi connectivity index (χ1v) is 6.74. The van der Waals surface area contributed by atoms with E-state index in [0.717, 1.165) is 11.1 Å². The summed E-state index contributed by atoms with van der Waals surface area (Å²) < 4.78 is 11.3. The highest BCUT2D eigenvalue weighted by atomic mass is 16.5. The fraction of sp³-hybridized carbons (Fsp3) is 0.235. The number of benzene rings is 2. The molecule has 0 bridgehead atoms. The molecular weight excluding hydrogens is 266 g/mol. The minimum Gasteiger partial charge on any atom is -0.497 e. The molecule has 0 fully saturated rings. The van der Waals surface area contributed by atoms with Gasteiger partial charge in [-0.25, -0.2) is 0 Å². The van der Waals surface area contributed by atoms with Crippen molar-refractivity contribution in [2.45, 2.75) is 20.0 Å². The smallest absolute Gasteiger partial charge is 0.133 e. The van der Waals surface area contributed by atoms with Crippen LogP contribution in [0.3, 0.4) is 0 Å². The van der Waals surface area contributed by atoms with E-state index in [1.54, 1.807) is 20.1 Å². The van der Waals surface area contributed by atoms with Crippen LogP contribution in [0, 0.1) is 0 Å². The molecule has 0 aliphatic carbocycles. The molecule has 0 radical (unpaired) electrons. The lowest BCUT2D eigenvalue weighted by Crippen LogP contribution is -2.07. The Labute approximate surface area is 124 Å². The van der Waals surface area contributed by atoms with Crippen LogP contribution in [0.4, 0.5) is 0 Å². The maximum Gasteiger partial charge on any atom is 0.133 e. The number of hydrogen-bond donors (Lipinski definition) is 1. The zero-order valence-corrected chi connectivity index (χ0v) is 12.4.